The molecule has 0 spiro atoms. The zero-order chi connectivity index (χ0) is 11.9. The molecule has 0 radical (unpaired) electrons. The van der Waals surface area contributed by atoms with Crippen LogP contribution in [0.15, 0.2) is 0 Å². The minimum Gasteiger partial charge on any atom is -0.480 e. The largest absolute Gasteiger partial charge is 0.480 e. The lowest BCUT2D eigenvalue weighted by molar-refractivity contribution is -0.138. The lowest BCUT2D eigenvalue weighted by Crippen LogP contribution is -2.23. The number of hydrogen-bond acceptors (Lipinski definition) is 3. The van der Waals surface area contributed by atoms with Gasteiger partial charge in [0.05, 0.1) is 6.10 Å². The van der Waals surface area contributed by atoms with E-state index in [0.29, 0.717) is 6.10 Å². The molecule has 1 N–H and O–H groups in total. The zero-order valence-corrected chi connectivity index (χ0v) is 10.7. The number of carboxylic acid groups (broad SMARTS) is 1. The minimum atomic E-state index is -0.893. The molecule has 0 aromatic heterocycles. The van der Waals surface area contributed by atoms with Gasteiger partial charge < -0.3 is 9.84 Å². The van der Waals surface area contributed by atoms with Crippen molar-refractivity contribution < 1.29 is 14.6 Å². The van der Waals surface area contributed by atoms with E-state index in [0.717, 1.165) is 0 Å². The molecule has 0 amide bonds. The minimum absolute atomic E-state index is 0.587. The number of hydrogen-bond donors (Lipinski definition) is 2. The Balaban J connectivity index is 0.000000265. The van der Waals surface area contributed by atoms with Crippen LogP contribution in [-0.2, 0) is 9.53 Å². The van der Waals surface area contributed by atoms with Crippen LogP contribution in [0.5, 0.6) is 0 Å². The van der Waals surface area contributed by atoms with Crippen LogP contribution in [0.1, 0.15) is 46.0 Å². The smallest absolute Gasteiger partial charge is 0.318 e. The number of thiol groups is 1. The standard InChI is InChI=1S/C7H14O.C4H8O2S/c1-8-7-5-3-2-4-6-7;1-4(2,7)3(5)6/h7H,2-6H2,1H3;7H,1-2H3,(H,5,6). The van der Waals surface area contributed by atoms with Gasteiger partial charge in [-0.2, -0.15) is 12.6 Å². The van der Waals surface area contributed by atoms with Crippen molar-refractivity contribution in [2.24, 2.45) is 0 Å². The summed E-state index contributed by atoms with van der Waals surface area (Å²) in [6, 6.07) is 0. The number of rotatable bonds is 2. The molecule has 0 bridgehead atoms. The van der Waals surface area contributed by atoms with Crippen molar-refractivity contribution in [2.75, 3.05) is 7.11 Å². The second kappa shape index (κ2) is 7.12. The summed E-state index contributed by atoms with van der Waals surface area (Å²) < 4.78 is 4.30. The van der Waals surface area contributed by atoms with E-state index in [1.807, 2.05) is 7.11 Å². The van der Waals surface area contributed by atoms with E-state index in [4.69, 9.17) is 9.84 Å². The fourth-order valence-corrected chi connectivity index (χ4v) is 1.30. The summed E-state index contributed by atoms with van der Waals surface area (Å²) in [6.45, 7) is 3.05. The number of aliphatic carboxylic acids is 1. The summed E-state index contributed by atoms with van der Waals surface area (Å²) in [5.41, 5.74) is 0. The summed E-state index contributed by atoms with van der Waals surface area (Å²) in [6.07, 6.45) is 7.33. The van der Waals surface area contributed by atoms with Crippen molar-refractivity contribution in [3.05, 3.63) is 0 Å². The fraction of sp³-hybridized carbons (Fsp3) is 0.909. The van der Waals surface area contributed by atoms with E-state index in [1.54, 1.807) is 0 Å². The molecule has 3 nitrogen and oxygen atoms in total. The second-order valence-electron chi connectivity index (χ2n) is 4.36. The zero-order valence-electron chi connectivity index (χ0n) is 9.82. The van der Waals surface area contributed by atoms with Gasteiger partial charge in [0.1, 0.15) is 4.75 Å². The van der Waals surface area contributed by atoms with Crippen LogP contribution in [0.25, 0.3) is 0 Å². The van der Waals surface area contributed by atoms with Gasteiger partial charge in [0.25, 0.3) is 0 Å². The van der Waals surface area contributed by atoms with Crippen LogP contribution in [-0.4, -0.2) is 29.0 Å². The normalized spacial score (nSPS) is 17.9. The highest BCUT2D eigenvalue weighted by molar-refractivity contribution is 7.82. The Morgan fingerprint density at radius 3 is 1.93 bits per heavy atom. The van der Waals surface area contributed by atoms with Gasteiger partial charge in [-0.3, -0.25) is 4.79 Å². The summed E-state index contributed by atoms with van der Waals surface area (Å²) >= 11 is 3.75. The first kappa shape index (κ1) is 14.8. The van der Waals surface area contributed by atoms with E-state index in [1.165, 1.54) is 46.0 Å². The van der Waals surface area contributed by atoms with Gasteiger partial charge in [0.2, 0.25) is 0 Å². The highest BCUT2D eigenvalue weighted by atomic mass is 32.1. The van der Waals surface area contributed by atoms with Crippen LogP contribution in [0.2, 0.25) is 0 Å². The average molecular weight is 234 g/mol. The molecule has 0 aliphatic heterocycles. The molecule has 0 atom stereocenters. The fourth-order valence-electron chi connectivity index (χ4n) is 1.30. The molecule has 90 valence electrons. The molecule has 1 saturated carbocycles. The number of ether oxygens (including phenoxy) is 1. The molecule has 1 fully saturated rings. The first-order valence-corrected chi connectivity index (χ1v) is 5.81. The van der Waals surface area contributed by atoms with Gasteiger partial charge >= 0.3 is 5.97 Å². The molecule has 0 unspecified atom stereocenters. The number of methoxy groups -OCH3 is 1. The molecule has 0 aromatic carbocycles. The Labute approximate surface area is 97.6 Å². The van der Waals surface area contributed by atoms with E-state index >= 15 is 0 Å². The maximum absolute atomic E-state index is 9.94. The third-order valence-electron chi connectivity index (χ3n) is 2.41. The van der Waals surface area contributed by atoms with Crippen LogP contribution >= 0.6 is 12.6 Å². The van der Waals surface area contributed by atoms with Gasteiger partial charge in [0.15, 0.2) is 0 Å². The molecule has 1 aliphatic rings. The third kappa shape index (κ3) is 7.68. The van der Waals surface area contributed by atoms with E-state index in [2.05, 4.69) is 12.6 Å². The lowest BCUT2D eigenvalue weighted by Gasteiger charge is -2.19. The van der Waals surface area contributed by atoms with Crippen molar-refractivity contribution in [2.45, 2.75) is 56.8 Å². The number of carboxylic acids is 1. The average Bonchev–Trinajstić information content (AvgIpc) is 2.18. The Hall–Kier alpha value is -0.220. The number of carbonyl (C=O) groups is 1. The van der Waals surface area contributed by atoms with E-state index in [-0.39, 0.29) is 0 Å². The van der Waals surface area contributed by atoms with Crippen molar-refractivity contribution >= 4 is 18.6 Å². The quantitative estimate of drug-likeness (QED) is 0.722. The van der Waals surface area contributed by atoms with E-state index in [9.17, 15) is 4.79 Å². The lowest BCUT2D eigenvalue weighted by atomic mass is 9.98. The summed E-state index contributed by atoms with van der Waals surface area (Å²) in [4.78, 5) is 9.94. The highest BCUT2D eigenvalue weighted by Crippen LogP contribution is 2.19. The maximum atomic E-state index is 9.94. The van der Waals surface area contributed by atoms with Gasteiger partial charge in [-0.15, -0.1) is 0 Å². The molecule has 1 aliphatic carbocycles. The van der Waals surface area contributed by atoms with E-state index < -0.39 is 10.7 Å². The van der Waals surface area contributed by atoms with Crippen molar-refractivity contribution in [1.82, 2.24) is 0 Å². The maximum Gasteiger partial charge on any atom is 0.318 e. The van der Waals surface area contributed by atoms with Gasteiger partial charge in [0, 0.05) is 7.11 Å². The first-order valence-electron chi connectivity index (χ1n) is 5.36. The summed E-state index contributed by atoms with van der Waals surface area (Å²) in [7, 11) is 1.82. The summed E-state index contributed by atoms with van der Waals surface area (Å²) in [5.74, 6) is -0.893. The first-order chi connectivity index (χ1) is 6.88. The van der Waals surface area contributed by atoms with Crippen LogP contribution in [0.3, 0.4) is 0 Å². The van der Waals surface area contributed by atoms with Gasteiger partial charge in [-0.1, -0.05) is 19.3 Å². The molecule has 0 heterocycles. The predicted molar refractivity (Wildman–Crippen MR) is 64.6 cm³/mol. The predicted octanol–water partition coefficient (Wildman–Crippen LogP) is 2.74. The molecular weight excluding hydrogens is 212 g/mol. The second-order valence-corrected chi connectivity index (χ2v) is 5.48. The third-order valence-corrected chi connectivity index (χ3v) is 2.60. The Morgan fingerprint density at radius 1 is 1.33 bits per heavy atom. The molecule has 1 rings (SSSR count). The van der Waals surface area contributed by atoms with Gasteiger partial charge in [-0.05, 0) is 26.7 Å². The topological polar surface area (TPSA) is 46.5 Å². The molecule has 15 heavy (non-hydrogen) atoms. The van der Waals surface area contributed by atoms with Crippen LogP contribution in [0, 0.1) is 0 Å². The molecule has 0 saturated heterocycles. The molecule has 4 heteroatoms. The Kier molecular flexibility index (Phi) is 7.02. The van der Waals surface area contributed by atoms with Crippen molar-refractivity contribution in [1.29, 1.82) is 0 Å². The Morgan fingerprint density at radius 2 is 1.73 bits per heavy atom. The van der Waals surface area contributed by atoms with Crippen molar-refractivity contribution in [3.63, 3.8) is 0 Å². The Bertz CT molecular complexity index is 181. The van der Waals surface area contributed by atoms with Crippen molar-refractivity contribution in [3.8, 4) is 0 Å². The van der Waals surface area contributed by atoms with Crippen LogP contribution in [0.4, 0.5) is 0 Å². The monoisotopic (exact) mass is 234 g/mol. The molecule has 0 aromatic rings. The molecular formula is C11H22O3S. The summed E-state index contributed by atoms with van der Waals surface area (Å²) in [5, 5.41) is 8.17. The van der Waals surface area contributed by atoms with Gasteiger partial charge in [-0.25, -0.2) is 0 Å². The highest BCUT2D eigenvalue weighted by Gasteiger charge is 2.20. The SMILES string of the molecule is CC(C)(S)C(=O)O.COC1CCCCC1. The van der Waals surface area contributed by atoms with Crippen LogP contribution < -0.4 is 0 Å².